The minimum Gasteiger partial charge on any atom is -0.376 e. The third kappa shape index (κ3) is 4.11. The lowest BCUT2D eigenvalue weighted by molar-refractivity contribution is 0.114. The first-order chi connectivity index (χ1) is 8.05. The number of rotatable bonds is 3. The van der Waals surface area contributed by atoms with E-state index in [1.807, 2.05) is 0 Å². The van der Waals surface area contributed by atoms with Crippen LogP contribution in [0.25, 0.3) is 0 Å². The molecule has 2 N–H and O–H groups in total. The third-order valence-corrected chi connectivity index (χ3v) is 4.08. The molecule has 3 nitrogen and oxygen atoms in total. The van der Waals surface area contributed by atoms with Crippen LogP contribution >= 0.6 is 12.2 Å². The zero-order chi connectivity index (χ0) is 12.3. The minimum atomic E-state index is 0.356. The molecular formula is C13H24N2OS. The first-order valence-electron chi connectivity index (χ1n) is 6.71. The van der Waals surface area contributed by atoms with Gasteiger partial charge in [0.25, 0.3) is 0 Å². The molecule has 0 bridgehead atoms. The van der Waals surface area contributed by atoms with Crippen molar-refractivity contribution in [2.45, 2.75) is 58.1 Å². The average molecular weight is 256 g/mol. The molecule has 0 spiro atoms. The first-order valence-corrected chi connectivity index (χ1v) is 7.12. The quantitative estimate of drug-likeness (QED) is 0.759. The fourth-order valence-corrected chi connectivity index (χ4v) is 3.06. The predicted octanol–water partition coefficient (Wildman–Crippen LogP) is 2.21. The molecule has 1 saturated carbocycles. The summed E-state index contributed by atoms with van der Waals surface area (Å²) in [6.45, 7) is 6.42. The van der Waals surface area contributed by atoms with Crippen LogP contribution in [0.3, 0.4) is 0 Å². The van der Waals surface area contributed by atoms with Crippen LogP contribution in [0.2, 0.25) is 0 Å². The molecule has 98 valence electrons. The van der Waals surface area contributed by atoms with Crippen molar-refractivity contribution in [2.24, 2.45) is 5.41 Å². The van der Waals surface area contributed by atoms with E-state index in [0.29, 0.717) is 17.6 Å². The van der Waals surface area contributed by atoms with Gasteiger partial charge in [0.05, 0.1) is 6.10 Å². The molecule has 2 fully saturated rings. The number of thiocarbonyl (C=S) groups is 1. The fourth-order valence-electron chi connectivity index (χ4n) is 2.81. The van der Waals surface area contributed by atoms with Gasteiger partial charge in [0.15, 0.2) is 5.11 Å². The molecule has 0 aromatic rings. The molecule has 2 aliphatic rings. The van der Waals surface area contributed by atoms with Crippen LogP contribution < -0.4 is 10.6 Å². The molecule has 2 atom stereocenters. The monoisotopic (exact) mass is 256 g/mol. The maximum atomic E-state index is 5.56. The highest BCUT2D eigenvalue weighted by molar-refractivity contribution is 7.80. The Morgan fingerprint density at radius 3 is 2.82 bits per heavy atom. The Labute approximate surface area is 110 Å². The molecule has 0 aromatic carbocycles. The van der Waals surface area contributed by atoms with Gasteiger partial charge >= 0.3 is 0 Å². The molecule has 4 heteroatoms. The predicted molar refractivity (Wildman–Crippen MR) is 74.1 cm³/mol. The third-order valence-electron chi connectivity index (χ3n) is 3.82. The largest absolute Gasteiger partial charge is 0.376 e. The van der Waals surface area contributed by atoms with Gasteiger partial charge in [0, 0.05) is 19.2 Å². The lowest BCUT2D eigenvalue weighted by Crippen LogP contribution is -2.43. The van der Waals surface area contributed by atoms with Crippen molar-refractivity contribution in [3.8, 4) is 0 Å². The van der Waals surface area contributed by atoms with E-state index in [2.05, 4.69) is 24.5 Å². The van der Waals surface area contributed by atoms with Crippen molar-refractivity contribution >= 4 is 17.3 Å². The summed E-state index contributed by atoms with van der Waals surface area (Å²) in [6, 6.07) is 0.550. The molecular weight excluding hydrogens is 232 g/mol. The molecule has 0 radical (unpaired) electrons. The Kier molecular flexibility index (Phi) is 4.26. The van der Waals surface area contributed by atoms with Crippen molar-refractivity contribution in [2.75, 3.05) is 13.2 Å². The lowest BCUT2D eigenvalue weighted by atomic mass is 9.92. The second-order valence-electron chi connectivity index (χ2n) is 6.09. The van der Waals surface area contributed by atoms with E-state index in [-0.39, 0.29) is 0 Å². The van der Waals surface area contributed by atoms with Crippen LogP contribution in [0.15, 0.2) is 0 Å². The summed E-state index contributed by atoms with van der Waals surface area (Å²) in [4.78, 5) is 0. The summed E-state index contributed by atoms with van der Waals surface area (Å²) in [7, 11) is 0. The van der Waals surface area contributed by atoms with Gasteiger partial charge in [-0.05, 0) is 49.7 Å². The van der Waals surface area contributed by atoms with E-state index >= 15 is 0 Å². The van der Waals surface area contributed by atoms with Gasteiger partial charge < -0.3 is 15.4 Å². The summed E-state index contributed by atoms with van der Waals surface area (Å²) in [5.41, 5.74) is 0.474. The summed E-state index contributed by atoms with van der Waals surface area (Å²) in [6.07, 6.45) is 6.44. The van der Waals surface area contributed by atoms with Crippen molar-refractivity contribution in [1.29, 1.82) is 0 Å². The molecule has 1 heterocycles. The zero-order valence-electron chi connectivity index (χ0n) is 10.9. The zero-order valence-corrected chi connectivity index (χ0v) is 11.7. The second-order valence-corrected chi connectivity index (χ2v) is 6.50. The number of hydrogen-bond donors (Lipinski definition) is 2. The highest BCUT2D eigenvalue weighted by atomic mass is 32.1. The number of hydrogen-bond acceptors (Lipinski definition) is 2. The van der Waals surface area contributed by atoms with Crippen molar-refractivity contribution < 1.29 is 4.74 Å². The Hall–Kier alpha value is -0.350. The minimum absolute atomic E-state index is 0.356. The van der Waals surface area contributed by atoms with Crippen LogP contribution in [-0.4, -0.2) is 30.4 Å². The van der Waals surface area contributed by atoms with Crippen molar-refractivity contribution in [1.82, 2.24) is 10.6 Å². The molecule has 1 aliphatic carbocycles. The molecule has 1 aliphatic heterocycles. The Morgan fingerprint density at radius 2 is 2.24 bits per heavy atom. The Balaban J connectivity index is 1.64. The van der Waals surface area contributed by atoms with Crippen LogP contribution in [-0.2, 0) is 4.74 Å². The van der Waals surface area contributed by atoms with E-state index < -0.39 is 0 Å². The Morgan fingerprint density at radius 1 is 1.41 bits per heavy atom. The molecule has 0 aromatic heterocycles. The molecule has 2 unspecified atom stereocenters. The molecule has 0 amide bonds. The first kappa shape index (κ1) is 13.1. The number of nitrogens with one attached hydrogen (secondary N) is 2. The molecule has 2 rings (SSSR count). The van der Waals surface area contributed by atoms with Gasteiger partial charge in [-0.3, -0.25) is 0 Å². The van der Waals surface area contributed by atoms with E-state index in [9.17, 15) is 0 Å². The topological polar surface area (TPSA) is 33.3 Å². The van der Waals surface area contributed by atoms with E-state index in [4.69, 9.17) is 17.0 Å². The summed E-state index contributed by atoms with van der Waals surface area (Å²) in [5, 5.41) is 7.49. The lowest BCUT2D eigenvalue weighted by Gasteiger charge is -2.20. The average Bonchev–Trinajstić information content (AvgIpc) is 2.85. The van der Waals surface area contributed by atoms with Crippen LogP contribution in [0.4, 0.5) is 0 Å². The van der Waals surface area contributed by atoms with Crippen LogP contribution in [0.5, 0.6) is 0 Å². The van der Waals surface area contributed by atoms with Crippen LogP contribution in [0.1, 0.15) is 46.0 Å². The SMILES string of the molecule is CC1(C)CCC(NC(=S)NCC2CCCO2)C1. The highest BCUT2D eigenvalue weighted by Crippen LogP contribution is 2.36. The summed E-state index contributed by atoms with van der Waals surface area (Å²) < 4.78 is 5.56. The van der Waals surface area contributed by atoms with E-state index in [1.165, 1.54) is 25.7 Å². The normalized spacial score (nSPS) is 31.4. The fraction of sp³-hybridized carbons (Fsp3) is 0.923. The van der Waals surface area contributed by atoms with Crippen LogP contribution in [0, 0.1) is 5.41 Å². The van der Waals surface area contributed by atoms with Crippen molar-refractivity contribution in [3.63, 3.8) is 0 Å². The number of ether oxygens (including phenoxy) is 1. The standard InChI is InChI=1S/C13H24N2OS/c1-13(2)6-5-10(8-13)15-12(17)14-9-11-4-3-7-16-11/h10-11H,3-9H2,1-2H3,(H2,14,15,17). The maximum Gasteiger partial charge on any atom is 0.166 e. The van der Waals surface area contributed by atoms with Gasteiger partial charge in [-0.25, -0.2) is 0 Å². The van der Waals surface area contributed by atoms with E-state index in [1.54, 1.807) is 0 Å². The molecule has 1 saturated heterocycles. The maximum absolute atomic E-state index is 5.56. The second kappa shape index (κ2) is 5.53. The smallest absolute Gasteiger partial charge is 0.166 e. The van der Waals surface area contributed by atoms with Crippen molar-refractivity contribution in [3.05, 3.63) is 0 Å². The van der Waals surface area contributed by atoms with E-state index in [0.717, 1.165) is 24.7 Å². The van der Waals surface area contributed by atoms with Gasteiger partial charge in [-0.15, -0.1) is 0 Å². The van der Waals surface area contributed by atoms with Gasteiger partial charge in [0.2, 0.25) is 0 Å². The Bertz CT molecular complexity index is 275. The highest BCUT2D eigenvalue weighted by Gasteiger charge is 2.31. The van der Waals surface area contributed by atoms with Gasteiger partial charge in [-0.2, -0.15) is 0 Å². The van der Waals surface area contributed by atoms with Gasteiger partial charge in [-0.1, -0.05) is 13.8 Å². The summed E-state index contributed by atoms with van der Waals surface area (Å²) in [5.74, 6) is 0. The molecule has 17 heavy (non-hydrogen) atoms. The summed E-state index contributed by atoms with van der Waals surface area (Å²) >= 11 is 5.32. The van der Waals surface area contributed by atoms with Gasteiger partial charge in [0.1, 0.15) is 0 Å².